The summed E-state index contributed by atoms with van der Waals surface area (Å²) >= 11 is 1.63. The van der Waals surface area contributed by atoms with E-state index in [4.69, 9.17) is 5.73 Å². The van der Waals surface area contributed by atoms with Crippen LogP contribution in [0.3, 0.4) is 0 Å². The highest BCUT2D eigenvalue weighted by Gasteiger charge is 2.18. The molecule has 3 rings (SSSR count). The zero-order chi connectivity index (χ0) is 15.0. The van der Waals surface area contributed by atoms with E-state index in [0.717, 1.165) is 34.5 Å². The highest BCUT2D eigenvalue weighted by atomic mass is 32.1. The lowest BCUT2D eigenvalue weighted by molar-refractivity contribution is 0.103. The molecule has 3 N–H and O–H groups in total. The van der Waals surface area contributed by atoms with E-state index in [2.05, 4.69) is 11.4 Å². The van der Waals surface area contributed by atoms with Gasteiger partial charge in [-0.2, -0.15) is 0 Å². The van der Waals surface area contributed by atoms with E-state index >= 15 is 0 Å². The molecule has 3 nitrogen and oxygen atoms in total. The number of carbonyl (C=O) groups is 1. The molecule has 4 heteroatoms. The van der Waals surface area contributed by atoms with Gasteiger partial charge < -0.3 is 11.1 Å². The third-order valence-corrected chi connectivity index (χ3v) is 5.46. The zero-order valence-corrected chi connectivity index (χ0v) is 13.3. The maximum atomic E-state index is 12.5. The SMILES string of the molecule is Cc1ccc(N)c(NC(=O)c2cc3c(s2)CCCC3)c1C. The largest absolute Gasteiger partial charge is 0.397 e. The van der Waals surface area contributed by atoms with Crippen LogP contribution in [0.25, 0.3) is 0 Å². The minimum Gasteiger partial charge on any atom is -0.397 e. The van der Waals surface area contributed by atoms with Crippen molar-refractivity contribution in [1.29, 1.82) is 0 Å². The fraction of sp³-hybridized carbons (Fsp3) is 0.353. The summed E-state index contributed by atoms with van der Waals surface area (Å²) in [5, 5.41) is 2.99. The molecule has 0 saturated heterocycles. The molecule has 1 aromatic carbocycles. The van der Waals surface area contributed by atoms with E-state index < -0.39 is 0 Å². The van der Waals surface area contributed by atoms with Crippen LogP contribution in [0.5, 0.6) is 0 Å². The fourth-order valence-corrected chi connectivity index (χ4v) is 3.93. The maximum Gasteiger partial charge on any atom is 0.265 e. The smallest absolute Gasteiger partial charge is 0.265 e. The first-order valence-electron chi connectivity index (χ1n) is 7.35. The first kappa shape index (κ1) is 14.1. The Morgan fingerprint density at radius 2 is 2.00 bits per heavy atom. The number of hydrogen-bond acceptors (Lipinski definition) is 3. The van der Waals surface area contributed by atoms with Crippen molar-refractivity contribution in [3.63, 3.8) is 0 Å². The number of benzene rings is 1. The van der Waals surface area contributed by atoms with Gasteiger partial charge in [-0.25, -0.2) is 0 Å². The number of thiophene rings is 1. The number of nitrogens with one attached hydrogen (secondary N) is 1. The topological polar surface area (TPSA) is 55.1 Å². The van der Waals surface area contributed by atoms with E-state index in [-0.39, 0.29) is 5.91 Å². The minimum atomic E-state index is -0.0465. The Morgan fingerprint density at radius 3 is 2.76 bits per heavy atom. The van der Waals surface area contributed by atoms with Crippen LogP contribution < -0.4 is 11.1 Å². The van der Waals surface area contributed by atoms with Crippen LogP contribution in [0.4, 0.5) is 11.4 Å². The second-order valence-corrected chi connectivity index (χ2v) is 6.83. The Hall–Kier alpha value is -1.81. The molecule has 0 bridgehead atoms. The number of rotatable bonds is 2. The van der Waals surface area contributed by atoms with Crippen LogP contribution in [0, 0.1) is 13.8 Å². The van der Waals surface area contributed by atoms with Crippen molar-refractivity contribution in [3.8, 4) is 0 Å². The van der Waals surface area contributed by atoms with Crippen LogP contribution in [-0.4, -0.2) is 5.91 Å². The number of nitrogen functional groups attached to an aromatic ring is 1. The molecule has 21 heavy (non-hydrogen) atoms. The molecule has 1 aromatic heterocycles. The van der Waals surface area contributed by atoms with Gasteiger partial charge in [0.15, 0.2) is 0 Å². The zero-order valence-electron chi connectivity index (χ0n) is 12.5. The molecule has 1 amide bonds. The van der Waals surface area contributed by atoms with Gasteiger partial charge in [-0.05, 0) is 68.4 Å². The molecule has 0 atom stereocenters. The van der Waals surface area contributed by atoms with Crippen LogP contribution in [-0.2, 0) is 12.8 Å². The van der Waals surface area contributed by atoms with Crippen molar-refractivity contribution in [2.75, 3.05) is 11.1 Å². The van der Waals surface area contributed by atoms with E-state index in [9.17, 15) is 4.79 Å². The van der Waals surface area contributed by atoms with Crippen molar-refractivity contribution in [2.45, 2.75) is 39.5 Å². The molecular weight excluding hydrogens is 280 g/mol. The van der Waals surface area contributed by atoms with E-state index in [1.54, 1.807) is 11.3 Å². The fourth-order valence-electron chi connectivity index (χ4n) is 2.78. The van der Waals surface area contributed by atoms with Gasteiger partial charge in [0.2, 0.25) is 0 Å². The number of anilines is 2. The standard InChI is InChI=1S/C17H20N2OS/c1-10-7-8-13(18)16(11(10)2)19-17(20)15-9-12-5-3-4-6-14(12)21-15/h7-9H,3-6,18H2,1-2H3,(H,19,20). The molecule has 0 radical (unpaired) electrons. The number of nitrogens with two attached hydrogens (primary N) is 1. The Kier molecular flexibility index (Phi) is 3.72. The van der Waals surface area contributed by atoms with Crippen molar-refractivity contribution in [2.24, 2.45) is 0 Å². The second-order valence-electron chi connectivity index (χ2n) is 5.69. The Balaban J connectivity index is 1.87. The Labute approximate surface area is 129 Å². The van der Waals surface area contributed by atoms with Gasteiger partial charge in [-0.3, -0.25) is 4.79 Å². The Bertz CT molecular complexity index is 680. The molecule has 0 saturated carbocycles. The van der Waals surface area contributed by atoms with Crippen molar-refractivity contribution in [3.05, 3.63) is 44.6 Å². The lowest BCUT2D eigenvalue weighted by Crippen LogP contribution is -2.13. The third kappa shape index (κ3) is 2.68. The summed E-state index contributed by atoms with van der Waals surface area (Å²) < 4.78 is 0. The molecular formula is C17H20N2OS. The van der Waals surface area contributed by atoms with Gasteiger partial charge in [0.1, 0.15) is 0 Å². The molecule has 1 heterocycles. The molecule has 0 unspecified atom stereocenters. The van der Waals surface area contributed by atoms with Crippen LogP contribution in [0.1, 0.15) is 44.1 Å². The molecule has 0 aliphatic heterocycles. The third-order valence-electron chi connectivity index (χ3n) is 4.23. The average molecular weight is 300 g/mol. The number of hydrogen-bond donors (Lipinski definition) is 2. The highest BCUT2D eigenvalue weighted by molar-refractivity contribution is 7.14. The van der Waals surface area contributed by atoms with Crippen molar-refractivity contribution >= 4 is 28.6 Å². The summed E-state index contributed by atoms with van der Waals surface area (Å²) in [6.45, 7) is 4.01. The number of fused-ring (bicyclic) bond motifs is 1. The number of aryl methyl sites for hydroxylation is 3. The summed E-state index contributed by atoms with van der Waals surface area (Å²) in [4.78, 5) is 14.7. The van der Waals surface area contributed by atoms with Crippen LogP contribution >= 0.6 is 11.3 Å². The number of amides is 1. The monoisotopic (exact) mass is 300 g/mol. The van der Waals surface area contributed by atoms with Gasteiger partial charge in [-0.1, -0.05) is 6.07 Å². The second kappa shape index (κ2) is 5.53. The normalized spacial score (nSPS) is 13.8. The molecule has 1 aliphatic rings. The predicted molar refractivity (Wildman–Crippen MR) is 89.2 cm³/mol. The first-order valence-corrected chi connectivity index (χ1v) is 8.16. The maximum absolute atomic E-state index is 12.5. The molecule has 110 valence electrons. The molecule has 0 fully saturated rings. The minimum absolute atomic E-state index is 0.0465. The molecule has 1 aliphatic carbocycles. The van der Waals surface area contributed by atoms with Crippen LogP contribution in [0.2, 0.25) is 0 Å². The van der Waals surface area contributed by atoms with Crippen molar-refractivity contribution in [1.82, 2.24) is 0 Å². The van der Waals surface area contributed by atoms with Crippen molar-refractivity contribution < 1.29 is 4.79 Å². The summed E-state index contributed by atoms with van der Waals surface area (Å²) in [7, 11) is 0. The summed E-state index contributed by atoms with van der Waals surface area (Å²) in [5.41, 5.74) is 10.9. The quantitative estimate of drug-likeness (QED) is 0.821. The van der Waals surface area contributed by atoms with Gasteiger partial charge >= 0.3 is 0 Å². The highest BCUT2D eigenvalue weighted by Crippen LogP contribution is 2.31. The lowest BCUT2D eigenvalue weighted by Gasteiger charge is -2.12. The van der Waals surface area contributed by atoms with E-state index in [1.165, 1.54) is 23.3 Å². The van der Waals surface area contributed by atoms with E-state index in [1.807, 2.05) is 26.0 Å². The van der Waals surface area contributed by atoms with Gasteiger partial charge in [-0.15, -0.1) is 11.3 Å². The summed E-state index contributed by atoms with van der Waals surface area (Å²) in [6, 6.07) is 5.87. The van der Waals surface area contributed by atoms with Gasteiger partial charge in [0.05, 0.1) is 16.3 Å². The first-order chi connectivity index (χ1) is 10.1. The summed E-state index contributed by atoms with van der Waals surface area (Å²) in [5.74, 6) is -0.0465. The van der Waals surface area contributed by atoms with Gasteiger partial charge in [0, 0.05) is 4.88 Å². The average Bonchev–Trinajstić information content (AvgIpc) is 2.91. The number of carbonyl (C=O) groups excluding carboxylic acids is 1. The molecule has 2 aromatic rings. The van der Waals surface area contributed by atoms with E-state index in [0.29, 0.717) is 5.69 Å². The Morgan fingerprint density at radius 1 is 1.24 bits per heavy atom. The van der Waals surface area contributed by atoms with Gasteiger partial charge in [0.25, 0.3) is 5.91 Å². The summed E-state index contributed by atoms with van der Waals surface area (Å²) in [6.07, 6.45) is 4.68. The molecule has 0 spiro atoms. The van der Waals surface area contributed by atoms with Crippen LogP contribution in [0.15, 0.2) is 18.2 Å². The predicted octanol–water partition coefficient (Wildman–Crippen LogP) is 4.08. The lowest BCUT2D eigenvalue weighted by atomic mass is 9.99.